The van der Waals surface area contributed by atoms with Gasteiger partial charge in [-0.1, -0.05) is 0 Å². The van der Waals surface area contributed by atoms with Crippen molar-refractivity contribution in [3.8, 4) is 0 Å². The Bertz CT molecular complexity index is 280. The fourth-order valence-electron chi connectivity index (χ4n) is 1.12. The van der Waals surface area contributed by atoms with Crippen LogP contribution in [0.3, 0.4) is 0 Å². The highest BCUT2D eigenvalue weighted by Crippen LogP contribution is 1.98. The summed E-state index contributed by atoms with van der Waals surface area (Å²) < 4.78 is 0. The van der Waals surface area contributed by atoms with Crippen LogP contribution in [0.15, 0.2) is 0 Å². The van der Waals surface area contributed by atoms with Gasteiger partial charge in [-0.15, -0.1) is 0 Å². The zero-order valence-electron chi connectivity index (χ0n) is 6.94. The van der Waals surface area contributed by atoms with Crippen molar-refractivity contribution in [2.75, 3.05) is 5.73 Å². The molecule has 0 aliphatic heterocycles. The van der Waals surface area contributed by atoms with Gasteiger partial charge in [0.2, 0.25) is 5.95 Å². The molecular weight excluding hydrogens is 157 g/mol. The number of hydrogen-bond acceptors (Lipinski definition) is 5. The molecule has 0 saturated carbocycles. The SMILES string of the molecule is Cc1nc(N)nc(C)c1B(O)O. The fourth-order valence-corrected chi connectivity index (χ4v) is 1.12. The van der Waals surface area contributed by atoms with Crippen molar-refractivity contribution in [1.82, 2.24) is 9.97 Å². The number of nitrogens with zero attached hydrogens (tertiary/aromatic N) is 2. The van der Waals surface area contributed by atoms with Crippen LogP contribution >= 0.6 is 0 Å². The van der Waals surface area contributed by atoms with Crippen LogP contribution in [0.4, 0.5) is 5.95 Å². The van der Waals surface area contributed by atoms with E-state index in [1.54, 1.807) is 13.8 Å². The van der Waals surface area contributed by atoms with E-state index in [0.717, 1.165) is 0 Å². The second-order valence-electron chi connectivity index (χ2n) is 2.54. The molecular formula is C6H10BN3O2. The molecule has 1 rings (SSSR count). The second kappa shape index (κ2) is 3.08. The summed E-state index contributed by atoms with van der Waals surface area (Å²) in [5.41, 5.74) is 6.66. The molecule has 64 valence electrons. The van der Waals surface area contributed by atoms with E-state index in [1.807, 2.05) is 0 Å². The molecule has 0 aliphatic rings. The molecule has 0 bridgehead atoms. The van der Waals surface area contributed by atoms with Crippen LogP contribution in [-0.4, -0.2) is 27.1 Å². The molecule has 4 N–H and O–H groups in total. The number of aryl methyl sites for hydroxylation is 2. The minimum atomic E-state index is -1.54. The number of aromatic nitrogens is 2. The van der Waals surface area contributed by atoms with Crippen LogP contribution in [0.2, 0.25) is 0 Å². The lowest BCUT2D eigenvalue weighted by Gasteiger charge is -2.06. The van der Waals surface area contributed by atoms with Gasteiger partial charge in [-0.2, -0.15) is 0 Å². The van der Waals surface area contributed by atoms with Gasteiger partial charge in [0, 0.05) is 16.9 Å². The Morgan fingerprint density at radius 1 is 1.17 bits per heavy atom. The Kier molecular flexibility index (Phi) is 2.30. The minimum Gasteiger partial charge on any atom is -0.423 e. The summed E-state index contributed by atoms with van der Waals surface area (Å²) in [5, 5.41) is 17.8. The maximum Gasteiger partial charge on any atom is 0.492 e. The summed E-state index contributed by atoms with van der Waals surface area (Å²) in [4.78, 5) is 7.60. The van der Waals surface area contributed by atoms with Gasteiger partial charge in [-0.3, -0.25) is 0 Å². The first-order chi connectivity index (χ1) is 5.52. The first-order valence-electron chi connectivity index (χ1n) is 3.49. The molecule has 0 aliphatic carbocycles. The summed E-state index contributed by atoms with van der Waals surface area (Å²) in [6.07, 6.45) is 0. The number of anilines is 1. The number of rotatable bonds is 1. The topological polar surface area (TPSA) is 92.3 Å². The quantitative estimate of drug-likeness (QED) is 0.436. The predicted octanol–water partition coefficient (Wildman–Crippen LogP) is -1.64. The van der Waals surface area contributed by atoms with E-state index < -0.39 is 7.12 Å². The maximum absolute atomic E-state index is 8.91. The number of nitrogen functional groups attached to an aromatic ring is 1. The molecule has 6 heteroatoms. The van der Waals surface area contributed by atoms with Gasteiger partial charge in [0.1, 0.15) is 0 Å². The van der Waals surface area contributed by atoms with Crippen molar-refractivity contribution >= 4 is 18.5 Å². The van der Waals surface area contributed by atoms with E-state index in [1.165, 1.54) is 0 Å². The van der Waals surface area contributed by atoms with Crippen molar-refractivity contribution in [3.05, 3.63) is 11.4 Å². The second-order valence-corrected chi connectivity index (χ2v) is 2.54. The van der Waals surface area contributed by atoms with Crippen molar-refractivity contribution in [1.29, 1.82) is 0 Å². The zero-order valence-corrected chi connectivity index (χ0v) is 6.94. The van der Waals surface area contributed by atoms with Gasteiger partial charge in [-0.05, 0) is 13.8 Å². The lowest BCUT2D eigenvalue weighted by atomic mass is 9.78. The van der Waals surface area contributed by atoms with Crippen molar-refractivity contribution in [2.45, 2.75) is 13.8 Å². The maximum atomic E-state index is 8.91. The number of hydrogen-bond donors (Lipinski definition) is 3. The molecule has 12 heavy (non-hydrogen) atoms. The average Bonchev–Trinajstić information content (AvgIpc) is 1.82. The molecule has 1 heterocycles. The highest BCUT2D eigenvalue weighted by atomic mass is 16.4. The highest BCUT2D eigenvalue weighted by Gasteiger charge is 2.18. The normalized spacial score (nSPS) is 10.0. The molecule has 0 aromatic carbocycles. The third-order valence-electron chi connectivity index (χ3n) is 1.60. The largest absolute Gasteiger partial charge is 0.492 e. The third-order valence-corrected chi connectivity index (χ3v) is 1.60. The van der Waals surface area contributed by atoms with Gasteiger partial charge in [0.05, 0.1) is 0 Å². The van der Waals surface area contributed by atoms with Gasteiger partial charge < -0.3 is 15.8 Å². The molecule has 0 atom stereocenters. The van der Waals surface area contributed by atoms with Gasteiger partial charge in [-0.25, -0.2) is 9.97 Å². The minimum absolute atomic E-state index is 0.148. The van der Waals surface area contributed by atoms with Crippen LogP contribution in [0.5, 0.6) is 0 Å². The van der Waals surface area contributed by atoms with Crippen LogP contribution in [-0.2, 0) is 0 Å². The summed E-state index contributed by atoms with van der Waals surface area (Å²) >= 11 is 0. The Balaban J connectivity index is 3.28. The van der Waals surface area contributed by atoms with E-state index in [0.29, 0.717) is 16.9 Å². The van der Waals surface area contributed by atoms with Crippen LogP contribution < -0.4 is 11.2 Å². The molecule has 1 aromatic heterocycles. The molecule has 5 nitrogen and oxygen atoms in total. The first-order valence-corrected chi connectivity index (χ1v) is 3.49. The first kappa shape index (κ1) is 8.96. The lowest BCUT2D eigenvalue weighted by Crippen LogP contribution is -2.36. The van der Waals surface area contributed by atoms with Gasteiger partial charge in [0.15, 0.2) is 0 Å². The fraction of sp³-hybridized carbons (Fsp3) is 0.333. The Hall–Kier alpha value is -1.14. The monoisotopic (exact) mass is 167 g/mol. The number of nitrogens with two attached hydrogens (primary N) is 1. The molecule has 0 saturated heterocycles. The van der Waals surface area contributed by atoms with E-state index in [4.69, 9.17) is 15.8 Å². The van der Waals surface area contributed by atoms with E-state index in [-0.39, 0.29) is 5.95 Å². The van der Waals surface area contributed by atoms with Crippen molar-refractivity contribution in [3.63, 3.8) is 0 Å². The molecule has 0 unspecified atom stereocenters. The summed E-state index contributed by atoms with van der Waals surface area (Å²) in [6.45, 7) is 3.31. The zero-order chi connectivity index (χ0) is 9.30. The predicted molar refractivity (Wildman–Crippen MR) is 45.7 cm³/mol. The van der Waals surface area contributed by atoms with E-state index >= 15 is 0 Å². The molecule has 0 radical (unpaired) electrons. The van der Waals surface area contributed by atoms with Crippen molar-refractivity contribution < 1.29 is 10.0 Å². The van der Waals surface area contributed by atoms with Crippen LogP contribution in [0, 0.1) is 13.8 Å². The Morgan fingerprint density at radius 3 is 1.92 bits per heavy atom. The smallest absolute Gasteiger partial charge is 0.423 e. The van der Waals surface area contributed by atoms with Gasteiger partial charge >= 0.3 is 7.12 Å². The molecule has 1 aromatic rings. The standard InChI is InChI=1S/C6H10BN3O2/c1-3-5(7(11)12)4(2)10-6(8)9-3/h11-12H,1-2H3,(H2,8,9,10). The van der Waals surface area contributed by atoms with Crippen molar-refractivity contribution in [2.24, 2.45) is 0 Å². The van der Waals surface area contributed by atoms with Crippen LogP contribution in [0.1, 0.15) is 11.4 Å². The van der Waals surface area contributed by atoms with Gasteiger partial charge in [0.25, 0.3) is 0 Å². The molecule has 0 spiro atoms. The molecule has 0 amide bonds. The summed E-state index contributed by atoms with van der Waals surface area (Å²) in [5.74, 6) is 0.148. The summed E-state index contributed by atoms with van der Waals surface area (Å²) in [7, 11) is -1.54. The highest BCUT2D eigenvalue weighted by molar-refractivity contribution is 6.59. The van der Waals surface area contributed by atoms with E-state index in [9.17, 15) is 0 Å². The van der Waals surface area contributed by atoms with E-state index in [2.05, 4.69) is 9.97 Å². The third kappa shape index (κ3) is 1.54. The Labute approximate surface area is 70.4 Å². The Morgan fingerprint density at radius 2 is 1.58 bits per heavy atom. The summed E-state index contributed by atoms with van der Waals surface area (Å²) in [6, 6.07) is 0. The molecule has 0 fully saturated rings. The van der Waals surface area contributed by atoms with Crippen LogP contribution in [0.25, 0.3) is 0 Å². The average molecular weight is 167 g/mol. The lowest BCUT2D eigenvalue weighted by molar-refractivity contribution is 0.425.